The number of carbonyl (C=O) groups is 1. The number of benzene rings is 1. The summed E-state index contributed by atoms with van der Waals surface area (Å²) in [6.45, 7) is 5.29. The summed E-state index contributed by atoms with van der Waals surface area (Å²) in [4.78, 5) is 12.4. The van der Waals surface area contributed by atoms with Crippen LogP contribution in [0.15, 0.2) is 24.3 Å². The van der Waals surface area contributed by atoms with Crippen molar-refractivity contribution in [1.82, 2.24) is 10.6 Å². The predicted octanol–water partition coefficient (Wildman–Crippen LogP) is 2.47. The van der Waals surface area contributed by atoms with Gasteiger partial charge in [0, 0.05) is 36.6 Å². The average molecular weight is 337 g/mol. The van der Waals surface area contributed by atoms with Gasteiger partial charge in [-0.15, -0.1) is 0 Å². The third-order valence-corrected chi connectivity index (χ3v) is 5.34. The number of methoxy groups -OCH3 is 1. The van der Waals surface area contributed by atoms with E-state index in [1.807, 2.05) is 30.0 Å². The van der Waals surface area contributed by atoms with Crippen molar-refractivity contribution in [2.24, 2.45) is 5.92 Å². The molecule has 1 saturated heterocycles. The Morgan fingerprint density at radius 2 is 2.22 bits per heavy atom. The lowest BCUT2D eigenvalue weighted by Gasteiger charge is -2.26. The molecule has 0 saturated carbocycles. The molecule has 0 spiro atoms. The van der Waals surface area contributed by atoms with Crippen LogP contribution in [0.4, 0.5) is 0 Å². The first-order valence-corrected chi connectivity index (χ1v) is 9.48. The molecular formula is C18H28N2O2S. The van der Waals surface area contributed by atoms with E-state index in [-0.39, 0.29) is 11.9 Å². The Hall–Kier alpha value is -1.20. The van der Waals surface area contributed by atoms with Gasteiger partial charge >= 0.3 is 0 Å². The molecule has 2 N–H and O–H groups in total. The molecule has 4 nitrogen and oxygen atoms in total. The summed E-state index contributed by atoms with van der Waals surface area (Å²) in [6, 6.07) is 8.44. The Morgan fingerprint density at radius 3 is 2.87 bits per heavy atom. The lowest BCUT2D eigenvalue weighted by molar-refractivity contribution is -0.122. The SMILES string of the molecule is COc1ccccc1CC(NC(=O)CC1CSCCN1)C(C)C. The van der Waals surface area contributed by atoms with E-state index in [0.717, 1.165) is 35.8 Å². The smallest absolute Gasteiger partial charge is 0.221 e. The molecule has 2 unspecified atom stereocenters. The highest BCUT2D eigenvalue weighted by Gasteiger charge is 2.21. The molecule has 1 heterocycles. The number of rotatable bonds is 7. The number of para-hydroxylation sites is 1. The van der Waals surface area contributed by atoms with Crippen LogP contribution in [0.2, 0.25) is 0 Å². The lowest BCUT2D eigenvalue weighted by Crippen LogP contribution is -2.45. The number of ether oxygens (including phenoxy) is 1. The topological polar surface area (TPSA) is 50.4 Å². The number of carbonyl (C=O) groups excluding carboxylic acids is 1. The van der Waals surface area contributed by atoms with Gasteiger partial charge in [-0.1, -0.05) is 32.0 Å². The molecule has 23 heavy (non-hydrogen) atoms. The van der Waals surface area contributed by atoms with E-state index in [0.29, 0.717) is 18.4 Å². The van der Waals surface area contributed by atoms with E-state index in [1.165, 1.54) is 0 Å². The summed E-state index contributed by atoms with van der Waals surface area (Å²) in [7, 11) is 1.69. The zero-order valence-corrected chi connectivity index (χ0v) is 15.1. The largest absolute Gasteiger partial charge is 0.496 e. The Morgan fingerprint density at radius 1 is 1.43 bits per heavy atom. The molecule has 2 rings (SSSR count). The van der Waals surface area contributed by atoms with E-state index in [2.05, 4.69) is 30.5 Å². The molecule has 1 fully saturated rings. The fraction of sp³-hybridized carbons (Fsp3) is 0.611. The normalized spacial score (nSPS) is 19.4. The van der Waals surface area contributed by atoms with Crippen LogP contribution >= 0.6 is 11.8 Å². The second-order valence-corrected chi connectivity index (χ2v) is 7.51. The Labute approximate surface area is 143 Å². The van der Waals surface area contributed by atoms with Gasteiger partial charge in [0.05, 0.1) is 7.11 Å². The molecule has 0 aliphatic carbocycles. The van der Waals surface area contributed by atoms with Gasteiger partial charge in [-0.25, -0.2) is 0 Å². The van der Waals surface area contributed by atoms with Gasteiger partial charge < -0.3 is 15.4 Å². The number of hydrogen-bond acceptors (Lipinski definition) is 4. The van der Waals surface area contributed by atoms with Crippen LogP contribution in [0.3, 0.4) is 0 Å². The lowest BCUT2D eigenvalue weighted by atomic mass is 9.95. The zero-order valence-electron chi connectivity index (χ0n) is 14.3. The molecule has 5 heteroatoms. The molecule has 1 aromatic rings. The molecule has 0 bridgehead atoms. The standard InChI is InChI=1S/C18H28N2O2S/c1-13(2)16(10-14-6-4-5-7-17(14)22-3)20-18(21)11-15-12-23-9-8-19-15/h4-7,13,15-16,19H,8-12H2,1-3H3,(H,20,21). The summed E-state index contributed by atoms with van der Waals surface area (Å²) < 4.78 is 5.43. The minimum Gasteiger partial charge on any atom is -0.496 e. The van der Waals surface area contributed by atoms with Crippen molar-refractivity contribution < 1.29 is 9.53 Å². The second-order valence-electron chi connectivity index (χ2n) is 6.36. The molecule has 1 amide bonds. The highest BCUT2D eigenvalue weighted by Crippen LogP contribution is 2.21. The van der Waals surface area contributed by atoms with Crippen molar-refractivity contribution >= 4 is 17.7 Å². The van der Waals surface area contributed by atoms with Crippen LogP contribution in [0.5, 0.6) is 5.75 Å². The first-order chi connectivity index (χ1) is 11.1. The molecule has 2 atom stereocenters. The third-order valence-electron chi connectivity index (χ3n) is 4.21. The van der Waals surface area contributed by atoms with Gasteiger partial charge in [-0.05, 0) is 24.0 Å². The van der Waals surface area contributed by atoms with Crippen molar-refractivity contribution in [1.29, 1.82) is 0 Å². The third kappa shape index (κ3) is 5.74. The van der Waals surface area contributed by atoms with E-state index in [4.69, 9.17) is 4.74 Å². The Bertz CT molecular complexity index is 502. The zero-order chi connectivity index (χ0) is 16.7. The number of nitrogens with one attached hydrogen (secondary N) is 2. The minimum absolute atomic E-state index is 0.120. The average Bonchev–Trinajstić information content (AvgIpc) is 2.55. The van der Waals surface area contributed by atoms with Gasteiger partial charge in [0.15, 0.2) is 0 Å². The van der Waals surface area contributed by atoms with Crippen LogP contribution in [0.1, 0.15) is 25.8 Å². The predicted molar refractivity (Wildman–Crippen MR) is 97.2 cm³/mol. The van der Waals surface area contributed by atoms with Crippen molar-refractivity contribution in [3.8, 4) is 5.75 Å². The van der Waals surface area contributed by atoms with Gasteiger partial charge in [0.2, 0.25) is 5.91 Å². The molecule has 128 valence electrons. The van der Waals surface area contributed by atoms with Crippen molar-refractivity contribution in [3.05, 3.63) is 29.8 Å². The fourth-order valence-corrected chi connectivity index (χ4v) is 3.75. The molecule has 1 aliphatic rings. The maximum atomic E-state index is 12.4. The monoisotopic (exact) mass is 336 g/mol. The number of amides is 1. The van der Waals surface area contributed by atoms with Crippen LogP contribution < -0.4 is 15.4 Å². The molecule has 0 radical (unpaired) electrons. The van der Waals surface area contributed by atoms with Crippen LogP contribution in [-0.2, 0) is 11.2 Å². The van der Waals surface area contributed by atoms with E-state index in [9.17, 15) is 4.79 Å². The fourth-order valence-electron chi connectivity index (χ4n) is 2.80. The van der Waals surface area contributed by atoms with Crippen molar-refractivity contribution in [2.75, 3.05) is 25.2 Å². The summed E-state index contributed by atoms with van der Waals surface area (Å²) in [5.41, 5.74) is 1.14. The van der Waals surface area contributed by atoms with E-state index >= 15 is 0 Å². The molecule has 0 aromatic heterocycles. The summed E-state index contributed by atoms with van der Waals surface area (Å²) >= 11 is 1.92. The van der Waals surface area contributed by atoms with Crippen LogP contribution in [0, 0.1) is 5.92 Å². The van der Waals surface area contributed by atoms with Gasteiger partial charge in [0.25, 0.3) is 0 Å². The highest BCUT2D eigenvalue weighted by atomic mass is 32.2. The van der Waals surface area contributed by atoms with Gasteiger partial charge in [0.1, 0.15) is 5.75 Å². The van der Waals surface area contributed by atoms with Crippen molar-refractivity contribution in [2.45, 2.75) is 38.8 Å². The van der Waals surface area contributed by atoms with Crippen molar-refractivity contribution in [3.63, 3.8) is 0 Å². The molecule has 1 aliphatic heterocycles. The maximum absolute atomic E-state index is 12.4. The highest BCUT2D eigenvalue weighted by molar-refractivity contribution is 7.99. The van der Waals surface area contributed by atoms with Crippen LogP contribution in [-0.4, -0.2) is 43.2 Å². The number of thioether (sulfide) groups is 1. The van der Waals surface area contributed by atoms with Gasteiger partial charge in [-0.3, -0.25) is 4.79 Å². The Kier molecular flexibility index (Phi) is 7.24. The maximum Gasteiger partial charge on any atom is 0.221 e. The summed E-state index contributed by atoms with van der Waals surface area (Å²) in [5.74, 6) is 3.56. The Balaban J connectivity index is 1.94. The quantitative estimate of drug-likeness (QED) is 0.803. The minimum atomic E-state index is 0.120. The van der Waals surface area contributed by atoms with E-state index in [1.54, 1.807) is 7.11 Å². The molecular weight excluding hydrogens is 308 g/mol. The van der Waals surface area contributed by atoms with Gasteiger partial charge in [-0.2, -0.15) is 11.8 Å². The number of hydrogen-bond donors (Lipinski definition) is 2. The first kappa shape index (κ1) is 18.1. The molecule has 1 aromatic carbocycles. The summed E-state index contributed by atoms with van der Waals surface area (Å²) in [6.07, 6.45) is 1.35. The first-order valence-electron chi connectivity index (χ1n) is 8.32. The summed E-state index contributed by atoms with van der Waals surface area (Å²) in [5, 5.41) is 6.64. The van der Waals surface area contributed by atoms with E-state index < -0.39 is 0 Å². The van der Waals surface area contributed by atoms with Crippen LogP contribution in [0.25, 0.3) is 0 Å². The second kappa shape index (κ2) is 9.18.